The smallest absolute Gasteiger partial charge is 0.419 e. The lowest BCUT2D eigenvalue weighted by Gasteiger charge is -2.35. The number of imide groups is 1. The maximum atomic E-state index is 12.5. The molecule has 3 rings (SSSR count). The van der Waals surface area contributed by atoms with Crippen molar-refractivity contribution in [3.8, 4) is 11.5 Å². The van der Waals surface area contributed by atoms with Crippen LogP contribution in [0.3, 0.4) is 0 Å². The minimum atomic E-state index is -0.801. The summed E-state index contributed by atoms with van der Waals surface area (Å²) < 4.78 is 12.1. The summed E-state index contributed by atoms with van der Waals surface area (Å²) in [5, 5.41) is 2.30. The summed E-state index contributed by atoms with van der Waals surface area (Å²) in [6, 6.07) is 10.4. The van der Waals surface area contributed by atoms with Gasteiger partial charge in [0.1, 0.15) is 17.1 Å². The summed E-state index contributed by atoms with van der Waals surface area (Å²) >= 11 is 0. The minimum Gasteiger partial charge on any atom is -0.483 e. The zero-order valence-corrected chi connectivity index (χ0v) is 25.9. The first kappa shape index (κ1) is 31.9. The third kappa shape index (κ3) is 9.77. The third-order valence-electron chi connectivity index (χ3n) is 7.76. The Kier molecular flexibility index (Phi) is 11.6. The van der Waals surface area contributed by atoms with Crippen LogP contribution in [-0.4, -0.2) is 17.6 Å². The molecule has 1 N–H and O–H groups in total. The van der Waals surface area contributed by atoms with Gasteiger partial charge in [-0.1, -0.05) is 67.8 Å². The van der Waals surface area contributed by atoms with Crippen molar-refractivity contribution in [2.75, 3.05) is 0 Å². The van der Waals surface area contributed by atoms with E-state index in [2.05, 4.69) is 64.2 Å². The zero-order valence-electron chi connectivity index (χ0n) is 25.9. The number of allylic oxidation sites excluding steroid dienone is 5. The summed E-state index contributed by atoms with van der Waals surface area (Å²) in [6.07, 6.45) is 15.5. The molecule has 1 aliphatic rings. The van der Waals surface area contributed by atoms with Crippen molar-refractivity contribution in [2.24, 2.45) is 5.92 Å². The van der Waals surface area contributed by atoms with Crippen molar-refractivity contribution in [1.82, 2.24) is 5.32 Å². The molecule has 0 bridgehead atoms. The molecular weight excluding hydrogens is 510 g/mol. The van der Waals surface area contributed by atoms with Gasteiger partial charge in [-0.05, 0) is 120 Å². The molecule has 5 heteroatoms. The average molecular weight is 558 g/mol. The van der Waals surface area contributed by atoms with Crippen molar-refractivity contribution in [2.45, 2.75) is 99.0 Å². The maximum absolute atomic E-state index is 12.5. The Balaban J connectivity index is 1.58. The number of hydrogen-bond acceptors (Lipinski definition) is 4. The fourth-order valence-electron chi connectivity index (χ4n) is 4.96. The average Bonchev–Trinajstić information content (AvgIpc) is 2.92. The summed E-state index contributed by atoms with van der Waals surface area (Å²) in [5.74, 6) is 1.55. The van der Waals surface area contributed by atoms with Gasteiger partial charge >= 0.3 is 6.09 Å². The van der Waals surface area contributed by atoms with Gasteiger partial charge < -0.3 is 9.47 Å². The lowest BCUT2D eigenvalue weighted by molar-refractivity contribution is 0.0949. The van der Waals surface area contributed by atoms with Crippen molar-refractivity contribution in [1.29, 1.82) is 0 Å². The van der Waals surface area contributed by atoms with Gasteiger partial charge in [0.2, 0.25) is 0 Å². The topological polar surface area (TPSA) is 64.6 Å². The van der Waals surface area contributed by atoms with Crippen LogP contribution in [0.15, 0.2) is 71.8 Å². The first-order valence-electron chi connectivity index (χ1n) is 14.9. The number of rotatable bonds is 11. The van der Waals surface area contributed by atoms with Gasteiger partial charge in [0, 0.05) is 5.56 Å². The van der Waals surface area contributed by atoms with E-state index < -0.39 is 17.6 Å². The molecule has 0 saturated heterocycles. The fraction of sp³-hybridized carbons (Fsp3) is 0.444. The highest BCUT2D eigenvalue weighted by Crippen LogP contribution is 2.41. The van der Waals surface area contributed by atoms with Gasteiger partial charge in [-0.25, -0.2) is 4.79 Å². The van der Waals surface area contributed by atoms with E-state index in [4.69, 9.17) is 9.47 Å². The molecule has 0 aromatic heterocycles. The molecule has 0 fully saturated rings. The number of carbonyl (C=O) groups excluding carboxylic acids is 2. The molecule has 2 amide bonds. The summed E-state index contributed by atoms with van der Waals surface area (Å²) in [6.45, 7) is 15.0. The molecular formula is C36H47NO4. The number of ether oxygens (including phenoxy) is 2. The first-order chi connectivity index (χ1) is 19.5. The van der Waals surface area contributed by atoms with Crippen molar-refractivity contribution in [3.05, 3.63) is 94.1 Å². The van der Waals surface area contributed by atoms with Crippen LogP contribution in [0.5, 0.6) is 11.5 Å². The molecule has 0 unspecified atom stereocenters. The quantitative estimate of drug-likeness (QED) is 0.221. The molecule has 0 spiro atoms. The van der Waals surface area contributed by atoms with E-state index in [1.54, 1.807) is 24.3 Å². The second kappa shape index (κ2) is 14.9. The van der Waals surface area contributed by atoms with E-state index in [0.717, 1.165) is 54.0 Å². The van der Waals surface area contributed by atoms with E-state index in [1.807, 2.05) is 26.0 Å². The number of amides is 2. The monoisotopic (exact) mass is 557 g/mol. The van der Waals surface area contributed by atoms with Crippen LogP contribution in [-0.2, 0) is 6.42 Å². The maximum Gasteiger partial charge on any atom is 0.419 e. The largest absolute Gasteiger partial charge is 0.483 e. The molecule has 5 nitrogen and oxygen atoms in total. The Labute approximate surface area is 246 Å². The van der Waals surface area contributed by atoms with Crippen molar-refractivity contribution in [3.63, 3.8) is 0 Å². The van der Waals surface area contributed by atoms with Crippen LogP contribution in [0.25, 0.3) is 0 Å². The number of hydrogen-bond donors (Lipinski definition) is 1. The minimum absolute atomic E-state index is 0.396. The number of aryl methyl sites for hydroxylation is 1. The van der Waals surface area contributed by atoms with E-state index >= 15 is 0 Å². The lowest BCUT2D eigenvalue weighted by Crippen LogP contribution is -2.35. The zero-order chi connectivity index (χ0) is 30.0. The Bertz CT molecular complexity index is 1300. The van der Waals surface area contributed by atoms with Gasteiger partial charge in [0.15, 0.2) is 0 Å². The van der Waals surface area contributed by atoms with Crippen LogP contribution < -0.4 is 14.8 Å². The molecule has 41 heavy (non-hydrogen) atoms. The van der Waals surface area contributed by atoms with Gasteiger partial charge in [0.25, 0.3) is 5.91 Å². The van der Waals surface area contributed by atoms with E-state index in [9.17, 15) is 9.59 Å². The molecule has 2 aromatic carbocycles. The second-order valence-corrected chi connectivity index (χ2v) is 12.0. The molecule has 1 aliphatic heterocycles. The first-order valence-corrected chi connectivity index (χ1v) is 14.9. The van der Waals surface area contributed by atoms with Gasteiger partial charge in [-0.3, -0.25) is 10.1 Å². The summed E-state index contributed by atoms with van der Waals surface area (Å²) in [7, 11) is 0. The Morgan fingerprint density at radius 3 is 2.51 bits per heavy atom. The van der Waals surface area contributed by atoms with Crippen LogP contribution in [0, 0.1) is 19.8 Å². The Morgan fingerprint density at radius 2 is 1.80 bits per heavy atom. The molecule has 1 atom stereocenters. The molecule has 220 valence electrons. The van der Waals surface area contributed by atoms with Gasteiger partial charge in [-0.2, -0.15) is 0 Å². The molecule has 0 aliphatic carbocycles. The number of carbonyl (C=O) groups is 2. The highest BCUT2D eigenvalue weighted by atomic mass is 16.6. The summed E-state index contributed by atoms with van der Waals surface area (Å²) in [5.41, 5.74) is 5.56. The number of benzene rings is 2. The van der Waals surface area contributed by atoms with E-state index in [0.29, 0.717) is 11.3 Å². The van der Waals surface area contributed by atoms with E-state index in [1.165, 1.54) is 30.4 Å². The predicted octanol–water partition coefficient (Wildman–Crippen LogP) is 9.37. The van der Waals surface area contributed by atoms with Crippen LogP contribution >= 0.6 is 0 Å². The van der Waals surface area contributed by atoms with Crippen LogP contribution in [0.4, 0.5) is 4.79 Å². The van der Waals surface area contributed by atoms with Crippen LogP contribution in [0.2, 0.25) is 0 Å². The predicted molar refractivity (Wildman–Crippen MR) is 168 cm³/mol. The van der Waals surface area contributed by atoms with Gasteiger partial charge in [0.05, 0.1) is 0 Å². The lowest BCUT2D eigenvalue weighted by atomic mass is 9.89. The Hall–Kier alpha value is -3.60. The van der Waals surface area contributed by atoms with Crippen LogP contribution in [0.1, 0.15) is 100 Å². The van der Waals surface area contributed by atoms with Crippen molar-refractivity contribution < 1.29 is 19.1 Å². The SMILES string of the molecule is CC(=CC=C[C@@]1(C)CCc2cc(OC(=O)NC(=O)c3ccccc3)c(C)c(C)c2O1)CC/C=C(\C)CCCC(C)C. The summed E-state index contributed by atoms with van der Waals surface area (Å²) in [4.78, 5) is 24.8. The third-order valence-corrected chi connectivity index (χ3v) is 7.76. The molecule has 0 radical (unpaired) electrons. The highest BCUT2D eigenvalue weighted by Gasteiger charge is 2.31. The molecule has 2 aromatic rings. The molecule has 0 saturated carbocycles. The molecule has 1 heterocycles. The highest BCUT2D eigenvalue weighted by molar-refractivity contribution is 6.03. The van der Waals surface area contributed by atoms with E-state index in [-0.39, 0.29) is 0 Å². The standard InChI is InChI=1S/C36H47NO4/c1-25(2)14-11-15-26(3)16-12-17-27(4)18-13-22-36(7)23-21-31-24-32(28(5)29(6)33(31)41-36)40-35(39)37-34(38)30-19-9-8-10-20-30/h8-10,13,16,18-20,22,24-25H,11-12,14-15,17,21,23H2,1-7H3,(H,37,38,39)/b22-13?,26-16+,27-18?/t36-/m0/s1. The number of fused-ring (bicyclic) bond motifs is 1. The second-order valence-electron chi connectivity index (χ2n) is 12.0. The normalized spacial score (nSPS) is 17.4. The van der Waals surface area contributed by atoms with Gasteiger partial charge in [-0.15, -0.1) is 0 Å². The number of nitrogens with one attached hydrogen (secondary N) is 1. The fourth-order valence-corrected chi connectivity index (χ4v) is 4.96. The van der Waals surface area contributed by atoms with Crippen molar-refractivity contribution >= 4 is 12.0 Å². The Morgan fingerprint density at radius 1 is 1.07 bits per heavy atom.